The highest BCUT2D eigenvalue weighted by Crippen LogP contribution is 2.23. The molecule has 0 bridgehead atoms. The Morgan fingerprint density at radius 3 is 2.56 bits per heavy atom. The Morgan fingerprint density at radius 2 is 1.94 bits per heavy atom. The van der Waals surface area contributed by atoms with Crippen LogP contribution < -0.4 is 5.73 Å². The topological polar surface area (TPSA) is 51.8 Å². The maximum atomic E-state index is 5.53. The number of rotatable bonds is 2. The normalized spacial score (nSPS) is 10.4. The van der Waals surface area contributed by atoms with Gasteiger partial charge in [-0.2, -0.15) is 0 Å². The summed E-state index contributed by atoms with van der Waals surface area (Å²) in [5.41, 5.74) is 10.1. The second-order valence-electron chi connectivity index (χ2n) is 3.86. The molecule has 0 amide bonds. The molecule has 1 aromatic heterocycles. The molecular weight excluding hydrogens is 198 g/mol. The molecule has 82 valence electrons. The first-order valence-corrected chi connectivity index (χ1v) is 5.40. The fourth-order valence-electron chi connectivity index (χ4n) is 1.75. The Bertz CT molecular complexity index is 489. The zero-order chi connectivity index (χ0) is 11.5. The van der Waals surface area contributed by atoms with Crippen molar-refractivity contribution in [3.05, 3.63) is 41.5 Å². The predicted molar refractivity (Wildman–Crippen MR) is 66.0 cm³/mol. The molecule has 0 saturated carbocycles. The minimum Gasteiger partial charge on any atom is -0.382 e. The van der Waals surface area contributed by atoms with Crippen molar-refractivity contribution < 1.29 is 0 Å². The molecule has 2 N–H and O–H groups in total. The van der Waals surface area contributed by atoms with E-state index < -0.39 is 0 Å². The van der Waals surface area contributed by atoms with Gasteiger partial charge < -0.3 is 5.73 Å². The van der Waals surface area contributed by atoms with Crippen LogP contribution in [0.25, 0.3) is 11.3 Å². The van der Waals surface area contributed by atoms with Crippen LogP contribution >= 0.6 is 0 Å². The molecule has 0 aliphatic rings. The van der Waals surface area contributed by atoms with Gasteiger partial charge in [0.1, 0.15) is 5.82 Å². The molecule has 0 aliphatic carbocycles. The number of nitrogens with two attached hydrogens (primary N) is 1. The quantitative estimate of drug-likeness (QED) is 0.834. The van der Waals surface area contributed by atoms with Gasteiger partial charge in [-0.3, -0.25) is 0 Å². The van der Waals surface area contributed by atoms with Gasteiger partial charge in [0, 0.05) is 5.56 Å². The second kappa shape index (κ2) is 4.31. The Hall–Kier alpha value is -1.90. The highest BCUT2D eigenvalue weighted by atomic mass is 15.1. The highest BCUT2D eigenvalue weighted by Gasteiger charge is 2.05. The summed E-state index contributed by atoms with van der Waals surface area (Å²) in [6, 6.07) is 10.1. The van der Waals surface area contributed by atoms with E-state index in [1.807, 2.05) is 6.07 Å². The summed E-state index contributed by atoms with van der Waals surface area (Å²) in [4.78, 5) is 0. The maximum absolute atomic E-state index is 5.53. The first-order chi connectivity index (χ1) is 7.70. The number of hydrogen-bond acceptors (Lipinski definition) is 3. The summed E-state index contributed by atoms with van der Waals surface area (Å²) in [6.07, 6.45) is 0.989. The van der Waals surface area contributed by atoms with Crippen molar-refractivity contribution in [2.45, 2.75) is 20.3 Å². The van der Waals surface area contributed by atoms with E-state index in [0.29, 0.717) is 5.82 Å². The monoisotopic (exact) mass is 213 g/mol. The summed E-state index contributed by atoms with van der Waals surface area (Å²) >= 11 is 0. The lowest BCUT2D eigenvalue weighted by Crippen LogP contribution is -1.96. The second-order valence-corrected chi connectivity index (χ2v) is 3.86. The molecule has 2 aromatic rings. The number of benzene rings is 1. The lowest BCUT2D eigenvalue weighted by molar-refractivity contribution is 1.04. The largest absolute Gasteiger partial charge is 0.382 e. The smallest absolute Gasteiger partial charge is 0.146 e. The third kappa shape index (κ3) is 2.03. The average Bonchev–Trinajstić information content (AvgIpc) is 2.30. The van der Waals surface area contributed by atoms with E-state index in [2.05, 4.69) is 42.2 Å². The first-order valence-electron chi connectivity index (χ1n) is 5.40. The minimum absolute atomic E-state index is 0.453. The molecule has 3 nitrogen and oxygen atoms in total. The van der Waals surface area contributed by atoms with Crippen LogP contribution in [0.2, 0.25) is 0 Å². The lowest BCUT2D eigenvalue weighted by atomic mass is 10.00. The molecule has 0 radical (unpaired) electrons. The molecule has 2 rings (SSSR count). The fraction of sp³-hybridized carbons (Fsp3) is 0.231. The molecule has 1 heterocycles. The van der Waals surface area contributed by atoms with E-state index in [4.69, 9.17) is 5.73 Å². The molecule has 3 heteroatoms. The molecule has 1 aromatic carbocycles. The number of aryl methyl sites for hydroxylation is 2. The van der Waals surface area contributed by atoms with E-state index in [1.54, 1.807) is 6.07 Å². The van der Waals surface area contributed by atoms with Crippen LogP contribution in [-0.4, -0.2) is 10.2 Å². The van der Waals surface area contributed by atoms with E-state index in [0.717, 1.165) is 17.7 Å². The molecule has 0 aliphatic heterocycles. The molecule has 0 saturated heterocycles. The van der Waals surface area contributed by atoms with Gasteiger partial charge in [-0.1, -0.05) is 30.7 Å². The van der Waals surface area contributed by atoms with Gasteiger partial charge >= 0.3 is 0 Å². The van der Waals surface area contributed by atoms with Crippen molar-refractivity contribution in [1.29, 1.82) is 0 Å². The van der Waals surface area contributed by atoms with Gasteiger partial charge in [0.2, 0.25) is 0 Å². The molecular formula is C13H15N3. The summed E-state index contributed by atoms with van der Waals surface area (Å²) in [7, 11) is 0. The zero-order valence-electron chi connectivity index (χ0n) is 9.57. The maximum Gasteiger partial charge on any atom is 0.146 e. The van der Waals surface area contributed by atoms with Gasteiger partial charge in [0.25, 0.3) is 0 Å². The van der Waals surface area contributed by atoms with Crippen LogP contribution in [0.5, 0.6) is 0 Å². The molecule has 0 spiro atoms. The SMILES string of the molecule is CCc1cc(C)ccc1-c1ccc(N)nn1. The highest BCUT2D eigenvalue weighted by molar-refractivity contribution is 5.64. The number of aromatic nitrogens is 2. The van der Waals surface area contributed by atoms with Gasteiger partial charge in [0.15, 0.2) is 0 Å². The van der Waals surface area contributed by atoms with E-state index >= 15 is 0 Å². The number of hydrogen-bond donors (Lipinski definition) is 1. The van der Waals surface area contributed by atoms with Crippen LogP contribution in [-0.2, 0) is 6.42 Å². The molecule has 16 heavy (non-hydrogen) atoms. The van der Waals surface area contributed by atoms with Crippen molar-refractivity contribution in [3.8, 4) is 11.3 Å². The van der Waals surface area contributed by atoms with Crippen LogP contribution in [0.3, 0.4) is 0 Å². The number of anilines is 1. The Kier molecular flexibility index (Phi) is 2.86. The Morgan fingerprint density at radius 1 is 1.12 bits per heavy atom. The predicted octanol–water partition coefficient (Wildman–Crippen LogP) is 2.60. The van der Waals surface area contributed by atoms with Crippen molar-refractivity contribution in [3.63, 3.8) is 0 Å². The lowest BCUT2D eigenvalue weighted by Gasteiger charge is -2.07. The van der Waals surface area contributed by atoms with E-state index in [1.165, 1.54) is 11.1 Å². The van der Waals surface area contributed by atoms with Crippen molar-refractivity contribution in [2.24, 2.45) is 0 Å². The van der Waals surface area contributed by atoms with Crippen LogP contribution in [0.1, 0.15) is 18.1 Å². The summed E-state index contributed by atoms with van der Waals surface area (Å²) in [5.74, 6) is 0.453. The van der Waals surface area contributed by atoms with Gasteiger partial charge in [-0.25, -0.2) is 0 Å². The average molecular weight is 213 g/mol. The zero-order valence-corrected chi connectivity index (χ0v) is 9.57. The molecule has 0 atom stereocenters. The van der Waals surface area contributed by atoms with Crippen LogP contribution in [0, 0.1) is 6.92 Å². The van der Waals surface area contributed by atoms with Crippen LogP contribution in [0.15, 0.2) is 30.3 Å². The third-order valence-electron chi connectivity index (χ3n) is 2.60. The summed E-state index contributed by atoms with van der Waals surface area (Å²) in [6.45, 7) is 4.24. The Balaban J connectivity index is 2.51. The Labute approximate surface area is 95.3 Å². The first kappa shape index (κ1) is 10.6. The van der Waals surface area contributed by atoms with Gasteiger partial charge in [-0.05, 0) is 31.0 Å². The van der Waals surface area contributed by atoms with Crippen LogP contribution in [0.4, 0.5) is 5.82 Å². The van der Waals surface area contributed by atoms with Gasteiger partial charge in [-0.15, -0.1) is 10.2 Å². The third-order valence-corrected chi connectivity index (χ3v) is 2.60. The summed E-state index contributed by atoms with van der Waals surface area (Å²) < 4.78 is 0. The van der Waals surface area contributed by atoms with Crippen molar-refractivity contribution >= 4 is 5.82 Å². The van der Waals surface area contributed by atoms with Gasteiger partial charge in [0.05, 0.1) is 5.69 Å². The van der Waals surface area contributed by atoms with Crippen molar-refractivity contribution in [1.82, 2.24) is 10.2 Å². The van der Waals surface area contributed by atoms with E-state index in [9.17, 15) is 0 Å². The van der Waals surface area contributed by atoms with Crippen molar-refractivity contribution in [2.75, 3.05) is 5.73 Å². The fourth-order valence-corrected chi connectivity index (χ4v) is 1.75. The number of nitrogen functional groups attached to an aromatic ring is 1. The summed E-state index contributed by atoms with van der Waals surface area (Å²) in [5, 5.41) is 7.99. The molecule has 0 unspecified atom stereocenters. The standard InChI is InChI=1S/C13H15N3/c1-3-10-8-9(2)4-5-11(10)12-6-7-13(14)16-15-12/h4-8H,3H2,1-2H3,(H2,14,16). The number of nitrogens with zero attached hydrogens (tertiary/aromatic N) is 2. The minimum atomic E-state index is 0.453. The molecule has 0 fully saturated rings. The van der Waals surface area contributed by atoms with E-state index in [-0.39, 0.29) is 0 Å².